The van der Waals surface area contributed by atoms with Gasteiger partial charge in [-0.15, -0.1) is 0 Å². The number of hydrogen-bond acceptors (Lipinski definition) is 5. The average molecular weight is 403 g/mol. The Labute approximate surface area is 175 Å². The molecule has 0 saturated heterocycles. The lowest BCUT2D eigenvalue weighted by Gasteiger charge is -2.05. The second-order valence-corrected chi connectivity index (χ2v) is 7.64. The van der Waals surface area contributed by atoms with Crippen LogP contribution in [0, 0.1) is 0 Å². The van der Waals surface area contributed by atoms with Crippen LogP contribution in [0.3, 0.4) is 0 Å². The van der Waals surface area contributed by atoms with E-state index in [0.717, 1.165) is 22.4 Å². The first-order valence-electron chi connectivity index (χ1n) is 10.1. The van der Waals surface area contributed by atoms with Crippen LogP contribution in [-0.4, -0.2) is 25.6 Å². The normalized spacial score (nSPS) is 11.3. The number of imidazole rings is 1. The lowest BCUT2D eigenvalue weighted by molar-refractivity contribution is -0.121. The summed E-state index contributed by atoms with van der Waals surface area (Å²) in [6.07, 6.45) is 0.670. The van der Waals surface area contributed by atoms with Gasteiger partial charge in [-0.05, 0) is 23.6 Å². The molecule has 0 bridgehead atoms. The van der Waals surface area contributed by atoms with E-state index >= 15 is 0 Å². The molecule has 0 aliphatic carbocycles. The van der Waals surface area contributed by atoms with Gasteiger partial charge in [-0.1, -0.05) is 55.4 Å². The van der Waals surface area contributed by atoms with Gasteiger partial charge in [-0.25, -0.2) is 4.98 Å². The fourth-order valence-corrected chi connectivity index (χ4v) is 3.33. The maximum atomic E-state index is 12.3. The summed E-state index contributed by atoms with van der Waals surface area (Å²) >= 11 is 0. The van der Waals surface area contributed by atoms with Crippen molar-refractivity contribution in [2.24, 2.45) is 7.05 Å². The van der Waals surface area contributed by atoms with Gasteiger partial charge in [0.1, 0.15) is 5.82 Å². The Hall–Kier alpha value is -3.48. The van der Waals surface area contributed by atoms with Gasteiger partial charge in [-0.2, -0.15) is 4.98 Å². The third kappa shape index (κ3) is 4.25. The Balaban J connectivity index is 1.31. The van der Waals surface area contributed by atoms with Crippen molar-refractivity contribution in [3.05, 3.63) is 65.8 Å². The zero-order valence-electron chi connectivity index (χ0n) is 17.4. The molecule has 2 aromatic heterocycles. The average Bonchev–Trinajstić information content (AvgIpc) is 3.36. The minimum Gasteiger partial charge on any atom is -0.349 e. The fourth-order valence-electron chi connectivity index (χ4n) is 3.33. The van der Waals surface area contributed by atoms with E-state index in [1.165, 1.54) is 5.56 Å². The lowest BCUT2D eigenvalue weighted by Crippen LogP contribution is -2.24. The van der Waals surface area contributed by atoms with Crippen LogP contribution in [0.1, 0.15) is 43.5 Å². The quantitative estimate of drug-likeness (QED) is 0.504. The smallest absolute Gasteiger partial charge is 0.227 e. The van der Waals surface area contributed by atoms with Crippen molar-refractivity contribution in [1.82, 2.24) is 25.0 Å². The van der Waals surface area contributed by atoms with E-state index in [0.29, 0.717) is 30.6 Å². The number of rotatable bonds is 7. The molecule has 2 aromatic carbocycles. The number of fused-ring (bicyclic) bond motifs is 1. The Morgan fingerprint density at radius 1 is 1.10 bits per heavy atom. The third-order valence-electron chi connectivity index (χ3n) is 5.19. The zero-order valence-corrected chi connectivity index (χ0v) is 17.4. The van der Waals surface area contributed by atoms with Crippen LogP contribution in [0.2, 0.25) is 0 Å². The Kier molecular flexibility index (Phi) is 5.61. The molecule has 0 radical (unpaired) electrons. The van der Waals surface area contributed by atoms with Crippen molar-refractivity contribution in [2.45, 2.75) is 39.2 Å². The zero-order chi connectivity index (χ0) is 21.1. The predicted octanol–water partition coefficient (Wildman–Crippen LogP) is 4.00. The number of nitrogens with zero attached hydrogens (tertiary/aromatic N) is 4. The highest BCUT2D eigenvalue weighted by Gasteiger charge is 2.12. The second-order valence-electron chi connectivity index (χ2n) is 7.64. The van der Waals surface area contributed by atoms with Crippen molar-refractivity contribution < 1.29 is 9.32 Å². The van der Waals surface area contributed by atoms with Crippen molar-refractivity contribution >= 4 is 16.9 Å². The molecule has 0 fully saturated rings. The molecular formula is C23H25N5O2. The number of aryl methyl sites for hydroxylation is 2. The van der Waals surface area contributed by atoms with E-state index < -0.39 is 0 Å². The molecule has 4 rings (SSSR count). The van der Waals surface area contributed by atoms with Crippen LogP contribution in [0.15, 0.2) is 53.1 Å². The molecule has 30 heavy (non-hydrogen) atoms. The van der Waals surface area contributed by atoms with Crippen molar-refractivity contribution in [3.8, 4) is 11.4 Å². The van der Waals surface area contributed by atoms with Crippen molar-refractivity contribution in [1.29, 1.82) is 0 Å². The largest absolute Gasteiger partial charge is 0.349 e. The van der Waals surface area contributed by atoms with Crippen molar-refractivity contribution in [3.63, 3.8) is 0 Å². The summed E-state index contributed by atoms with van der Waals surface area (Å²) in [4.78, 5) is 21.2. The summed E-state index contributed by atoms with van der Waals surface area (Å²) in [6, 6.07) is 16.0. The summed E-state index contributed by atoms with van der Waals surface area (Å²) in [6.45, 7) is 4.69. The van der Waals surface area contributed by atoms with Gasteiger partial charge in [0, 0.05) is 25.5 Å². The van der Waals surface area contributed by atoms with Gasteiger partial charge in [0.05, 0.1) is 17.6 Å². The van der Waals surface area contributed by atoms with Gasteiger partial charge < -0.3 is 14.4 Å². The minimum absolute atomic E-state index is 0.0805. The molecule has 2 heterocycles. The van der Waals surface area contributed by atoms with Crippen LogP contribution in [0.25, 0.3) is 22.4 Å². The predicted molar refractivity (Wildman–Crippen MR) is 115 cm³/mol. The molecule has 0 aliphatic rings. The van der Waals surface area contributed by atoms with Gasteiger partial charge in [-0.3, -0.25) is 4.79 Å². The molecule has 1 N–H and O–H groups in total. The summed E-state index contributed by atoms with van der Waals surface area (Å²) in [5, 5.41) is 6.95. The molecule has 0 spiro atoms. The summed E-state index contributed by atoms with van der Waals surface area (Å²) in [7, 11) is 1.95. The highest BCUT2D eigenvalue weighted by molar-refractivity contribution is 5.77. The fraction of sp³-hybridized carbons (Fsp3) is 0.304. The van der Waals surface area contributed by atoms with Gasteiger partial charge in [0.25, 0.3) is 0 Å². The van der Waals surface area contributed by atoms with E-state index in [1.807, 2.05) is 48.0 Å². The highest BCUT2D eigenvalue weighted by Crippen LogP contribution is 2.21. The van der Waals surface area contributed by atoms with Crippen molar-refractivity contribution in [2.75, 3.05) is 0 Å². The lowest BCUT2D eigenvalue weighted by atomic mass is 10.0. The SMILES string of the molecule is CC(C)c1ccc(-c2noc(CCC(=O)NCc3nc4ccccc4n3C)n2)cc1. The first-order valence-corrected chi connectivity index (χ1v) is 10.1. The Bertz CT molecular complexity index is 1160. The molecule has 154 valence electrons. The molecule has 0 atom stereocenters. The number of benzene rings is 2. The number of aromatic nitrogens is 4. The van der Waals surface area contributed by atoms with Crippen LogP contribution in [0.5, 0.6) is 0 Å². The molecule has 7 nitrogen and oxygen atoms in total. The van der Waals surface area contributed by atoms with Gasteiger partial charge >= 0.3 is 0 Å². The van der Waals surface area contributed by atoms with Gasteiger partial charge in [0.2, 0.25) is 17.6 Å². The number of carbonyl (C=O) groups is 1. The first kappa shape index (κ1) is 19.8. The molecule has 4 aromatic rings. The molecule has 0 unspecified atom stereocenters. The molecule has 7 heteroatoms. The Morgan fingerprint density at radius 2 is 1.87 bits per heavy atom. The maximum Gasteiger partial charge on any atom is 0.227 e. The number of carbonyl (C=O) groups excluding carboxylic acids is 1. The van der Waals surface area contributed by atoms with Gasteiger partial charge in [0.15, 0.2) is 0 Å². The summed E-state index contributed by atoms with van der Waals surface area (Å²) in [5.41, 5.74) is 4.13. The topological polar surface area (TPSA) is 85.8 Å². The molecule has 1 amide bonds. The second kappa shape index (κ2) is 8.49. The number of nitrogens with one attached hydrogen (secondary N) is 1. The summed E-state index contributed by atoms with van der Waals surface area (Å²) < 4.78 is 7.30. The monoisotopic (exact) mass is 403 g/mol. The van der Waals surface area contributed by atoms with E-state index in [1.54, 1.807) is 0 Å². The summed E-state index contributed by atoms with van der Waals surface area (Å²) in [5.74, 6) is 2.20. The minimum atomic E-state index is -0.0805. The maximum absolute atomic E-state index is 12.3. The highest BCUT2D eigenvalue weighted by atomic mass is 16.5. The van der Waals surface area contributed by atoms with Crippen LogP contribution < -0.4 is 5.32 Å². The number of para-hydroxylation sites is 2. The molecule has 0 saturated carbocycles. The van der Waals surface area contributed by atoms with E-state index in [-0.39, 0.29) is 12.3 Å². The third-order valence-corrected chi connectivity index (χ3v) is 5.19. The number of amides is 1. The number of hydrogen-bond donors (Lipinski definition) is 1. The van der Waals surface area contributed by atoms with E-state index in [2.05, 4.69) is 46.4 Å². The molecular weight excluding hydrogens is 378 g/mol. The van der Waals surface area contributed by atoms with Crippen LogP contribution in [0.4, 0.5) is 0 Å². The first-order chi connectivity index (χ1) is 14.5. The van der Waals surface area contributed by atoms with Crippen LogP contribution in [-0.2, 0) is 24.8 Å². The molecule has 0 aliphatic heterocycles. The van der Waals surface area contributed by atoms with E-state index in [4.69, 9.17) is 4.52 Å². The Morgan fingerprint density at radius 3 is 2.60 bits per heavy atom. The standard InChI is InChI=1S/C23H25N5O2/c1-15(2)16-8-10-17(11-9-16)23-26-22(30-27-23)13-12-21(29)24-14-20-25-18-6-4-5-7-19(18)28(20)3/h4-11,15H,12-14H2,1-3H3,(H,24,29). The van der Waals surface area contributed by atoms with Crippen LogP contribution >= 0.6 is 0 Å². The van der Waals surface area contributed by atoms with E-state index in [9.17, 15) is 4.79 Å².